The van der Waals surface area contributed by atoms with Gasteiger partial charge in [0.15, 0.2) is 0 Å². The molecular weight excluding hydrogens is 216 g/mol. The minimum atomic E-state index is 0.364. The van der Waals surface area contributed by atoms with Crippen LogP contribution < -0.4 is 0 Å². The molecule has 1 aliphatic rings. The first-order chi connectivity index (χ1) is 8.80. The van der Waals surface area contributed by atoms with E-state index in [9.17, 15) is 0 Å². The number of benzene rings is 2. The van der Waals surface area contributed by atoms with Crippen molar-refractivity contribution in [3.8, 4) is 0 Å². The second-order valence-corrected chi connectivity index (χ2v) is 5.44. The zero-order valence-corrected chi connectivity index (χ0v) is 11.1. The Bertz CT molecular complexity index is 514. The molecule has 3 rings (SSSR count). The molecule has 3 atom stereocenters. The maximum absolute atomic E-state index is 2.40. The molecule has 2 aromatic rings. The molecule has 0 bridgehead atoms. The van der Waals surface area contributed by atoms with Crippen LogP contribution in [0.3, 0.4) is 0 Å². The van der Waals surface area contributed by atoms with Gasteiger partial charge in [-0.15, -0.1) is 0 Å². The van der Waals surface area contributed by atoms with E-state index in [1.807, 2.05) is 0 Å². The second kappa shape index (κ2) is 4.28. The van der Waals surface area contributed by atoms with Crippen LogP contribution in [0.15, 0.2) is 60.7 Å². The largest absolute Gasteiger partial charge is 0.0645 e. The quantitative estimate of drug-likeness (QED) is 0.720. The van der Waals surface area contributed by atoms with Crippen molar-refractivity contribution in [1.29, 1.82) is 0 Å². The first-order valence-corrected chi connectivity index (χ1v) is 6.91. The van der Waals surface area contributed by atoms with Gasteiger partial charge in [-0.2, -0.15) is 0 Å². The van der Waals surface area contributed by atoms with Gasteiger partial charge in [0.2, 0.25) is 0 Å². The van der Waals surface area contributed by atoms with Crippen molar-refractivity contribution < 1.29 is 0 Å². The Morgan fingerprint density at radius 3 is 2.00 bits per heavy atom. The summed E-state index contributed by atoms with van der Waals surface area (Å²) in [5.74, 6) is 1.43. The zero-order valence-electron chi connectivity index (χ0n) is 11.1. The van der Waals surface area contributed by atoms with E-state index in [2.05, 4.69) is 74.5 Å². The van der Waals surface area contributed by atoms with E-state index in [-0.39, 0.29) is 0 Å². The highest BCUT2D eigenvalue weighted by Gasteiger charge is 2.61. The SMILES string of the molecule is CCC1(c2ccccc2)C(C)C1c1ccccc1. The highest BCUT2D eigenvalue weighted by atomic mass is 14.6. The lowest BCUT2D eigenvalue weighted by Gasteiger charge is -2.16. The fraction of sp³-hybridized carbons (Fsp3) is 0.333. The third-order valence-electron chi connectivity index (χ3n) is 4.81. The molecule has 0 amide bonds. The molecule has 92 valence electrons. The normalized spacial score (nSPS) is 30.1. The molecule has 1 saturated carbocycles. The average Bonchev–Trinajstić information content (AvgIpc) is 3.07. The van der Waals surface area contributed by atoms with E-state index in [1.54, 1.807) is 0 Å². The average molecular weight is 236 g/mol. The molecule has 1 fully saturated rings. The van der Waals surface area contributed by atoms with Gasteiger partial charge >= 0.3 is 0 Å². The summed E-state index contributed by atoms with van der Waals surface area (Å²) in [5.41, 5.74) is 3.37. The standard InChI is InChI=1S/C18H20/c1-3-18(16-12-8-5-9-13-16)14(2)17(18)15-10-6-4-7-11-15/h4-14,17H,3H2,1-2H3. The van der Waals surface area contributed by atoms with Crippen LogP contribution in [0.1, 0.15) is 37.3 Å². The van der Waals surface area contributed by atoms with E-state index in [0.717, 1.165) is 5.92 Å². The second-order valence-electron chi connectivity index (χ2n) is 5.44. The van der Waals surface area contributed by atoms with E-state index < -0.39 is 0 Å². The molecule has 0 heterocycles. The Hall–Kier alpha value is -1.56. The van der Waals surface area contributed by atoms with E-state index in [4.69, 9.17) is 0 Å². The van der Waals surface area contributed by atoms with Gasteiger partial charge in [-0.25, -0.2) is 0 Å². The molecule has 0 spiro atoms. The van der Waals surface area contributed by atoms with Gasteiger partial charge in [0.1, 0.15) is 0 Å². The molecule has 0 N–H and O–H groups in total. The molecule has 0 heteroatoms. The number of rotatable bonds is 3. The lowest BCUT2D eigenvalue weighted by Crippen LogP contribution is -2.09. The summed E-state index contributed by atoms with van der Waals surface area (Å²) in [5, 5.41) is 0. The summed E-state index contributed by atoms with van der Waals surface area (Å²) in [6, 6.07) is 22.0. The van der Waals surface area contributed by atoms with Gasteiger partial charge in [-0.05, 0) is 29.4 Å². The highest BCUT2D eigenvalue weighted by molar-refractivity contribution is 5.45. The predicted octanol–water partition coefficient (Wildman–Crippen LogP) is 4.77. The molecule has 18 heavy (non-hydrogen) atoms. The topological polar surface area (TPSA) is 0 Å². The van der Waals surface area contributed by atoms with Crippen molar-refractivity contribution in [3.05, 3.63) is 71.8 Å². The smallest absolute Gasteiger partial charge is 0.00536 e. The van der Waals surface area contributed by atoms with E-state index in [0.29, 0.717) is 11.3 Å². The summed E-state index contributed by atoms with van der Waals surface area (Å²) in [4.78, 5) is 0. The predicted molar refractivity (Wildman–Crippen MR) is 76.8 cm³/mol. The monoisotopic (exact) mass is 236 g/mol. The minimum Gasteiger partial charge on any atom is -0.0645 e. The number of hydrogen-bond donors (Lipinski definition) is 0. The molecule has 3 unspecified atom stereocenters. The summed E-state index contributed by atoms with van der Waals surface area (Å²) < 4.78 is 0. The fourth-order valence-electron chi connectivity index (χ4n) is 3.81. The van der Waals surface area contributed by atoms with Crippen molar-refractivity contribution in [2.45, 2.75) is 31.6 Å². The van der Waals surface area contributed by atoms with Gasteiger partial charge in [-0.3, -0.25) is 0 Å². The molecule has 0 radical (unpaired) electrons. The Kier molecular flexibility index (Phi) is 2.74. The molecular formula is C18H20. The highest BCUT2D eigenvalue weighted by Crippen LogP contribution is 2.67. The maximum atomic E-state index is 2.40. The summed E-state index contributed by atoms with van der Waals surface area (Å²) >= 11 is 0. The lowest BCUT2D eigenvalue weighted by molar-refractivity contribution is 0.598. The molecule has 0 nitrogen and oxygen atoms in total. The van der Waals surface area contributed by atoms with Gasteiger partial charge in [-0.1, -0.05) is 74.5 Å². The van der Waals surface area contributed by atoms with E-state index >= 15 is 0 Å². The van der Waals surface area contributed by atoms with Crippen molar-refractivity contribution >= 4 is 0 Å². The van der Waals surface area contributed by atoms with Crippen LogP contribution in [0, 0.1) is 5.92 Å². The van der Waals surface area contributed by atoms with Crippen LogP contribution >= 0.6 is 0 Å². The molecule has 0 aromatic heterocycles. The Morgan fingerprint density at radius 2 is 1.44 bits per heavy atom. The van der Waals surface area contributed by atoms with Crippen LogP contribution in [-0.4, -0.2) is 0 Å². The summed E-state index contributed by atoms with van der Waals surface area (Å²) in [6.07, 6.45) is 1.22. The minimum absolute atomic E-state index is 0.364. The Morgan fingerprint density at radius 1 is 0.889 bits per heavy atom. The van der Waals surface area contributed by atoms with Crippen molar-refractivity contribution in [2.24, 2.45) is 5.92 Å². The van der Waals surface area contributed by atoms with Crippen molar-refractivity contribution in [1.82, 2.24) is 0 Å². The third-order valence-corrected chi connectivity index (χ3v) is 4.81. The Balaban J connectivity index is 2.01. The lowest BCUT2D eigenvalue weighted by atomic mass is 9.87. The third kappa shape index (κ3) is 1.52. The molecule has 1 aliphatic carbocycles. The van der Waals surface area contributed by atoms with Crippen LogP contribution in [0.4, 0.5) is 0 Å². The van der Waals surface area contributed by atoms with Gasteiger partial charge in [0.25, 0.3) is 0 Å². The van der Waals surface area contributed by atoms with Crippen molar-refractivity contribution in [2.75, 3.05) is 0 Å². The molecule has 2 aromatic carbocycles. The van der Waals surface area contributed by atoms with Gasteiger partial charge in [0, 0.05) is 5.41 Å². The summed E-state index contributed by atoms with van der Waals surface area (Å²) in [6.45, 7) is 4.72. The zero-order chi connectivity index (χ0) is 12.6. The van der Waals surface area contributed by atoms with Gasteiger partial charge < -0.3 is 0 Å². The van der Waals surface area contributed by atoms with Crippen LogP contribution in [0.25, 0.3) is 0 Å². The van der Waals surface area contributed by atoms with Crippen molar-refractivity contribution in [3.63, 3.8) is 0 Å². The van der Waals surface area contributed by atoms with Crippen LogP contribution in [0.5, 0.6) is 0 Å². The van der Waals surface area contributed by atoms with Crippen LogP contribution in [0.2, 0.25) is 0 Å². The number of hydrogen-bond acceptors (Lipinski definition) is 0. The first-order valence-electron chi connectivity index (χ1n) is 6.91. The van der Waals surface area contributed by atoms with E-state index in [1.165, 1.54) is 17.5 Å². The maximum Gasteiger partial charge on any atom is 0.00536 e. The molecule has 0 aliphatic heterocycles. The van der Waals surface area contributed by atoms with Crippen LogP contribution in [-0.2, 0) is 5.41 Å². The molecule has 0 saturated heterocycles. The first kappa shape index (κ1) is 11.5. The summed E-state index contributed by atoms with van der Waals surface area (Å²) in [7, 11) is 0. The fourth-order valence-corrected chi connectivity index (χ4v) is 3.81. The Labute approximate surface area is 110 Å². The van der Waals surface area contributed by atoms with Gasteiger partial charge in [0.05, 0.1) is 0 Å².